The van der Waals surface area contributed by atoms with E-state index in [1.165, 1.54) is 0 Å². The van der Waals surface area contributed by atoms with Crippen LogP contribution in [-0.2, 0) is 9.59 Å². The number of carbonyl (C=O) groups excluding carboxylic acids is 3. The Bertz CT molecular complexity index is 517. The van der Waals surface area contributed by atoms with Crippen LogP contribution in [-0.4, -0.2) is 36.9 Å². The number of nitrogens with one attached hydrogen (secondary N) is 2. The zero-order chi connectivity index (χ0) is 16.5. The number of benzene rings is 1. The molecule has 0 aliphatic heterocycles. The van der Waals surface area contributed by atoms with Crippen molar-refractivity contribution < 1.29 is 18.8 Å². The maximum absolute atomic E-state index is 12.4. The van der Waals surface area contributed by atoms with Gasteiger partial charge in [0.1, 0.15) is 6.04 Å². The summed E-state index contributed by atoms with van der Waals surface area (Å²) < 4.78 is 12.4. The van der Waals surface area contributed by atoms with Crippen LogP contribution in [0, 0.1) is 5.92 Å². The van der Waals surface area contributed by atoms with Gasteiger partial charge in [0.15, 0.2) is 12.5 Å². The van der Waals surface area contributed by atoms with E-state index in [4.69, 9.17) is 0 Å². The van der Waals surface area contributed by atoms with Gasteiger partial charge in [0.25, 0.3) is 5.91 Å². The van der Waals surface area contributed by atoms with Crippen molar-refractivity contribution in [3.05, 3.63) is 35.9 Å². The van der Waals surface area contributed by atoms with Crippen molar-refractivity contribution in [2.45, 2.75) is 26.3 Å². The number of hydrogen-bond donors (Lipinski definition) is 2. The Balaban J connectivity index is 2.74. The summed E-state index contributed by atoms with van der Waals surface area (Å²) in [6.45, 7) is 3.03. The van der Waals surface area contributed by atoms with Crippen LogP contribution in [0.15, 0.2) is 30.3 Å². The van der Waals surface area contributed by atoms with E-state index in [0.717, 1.165) is 0 Å². The van der Waals surface area contributed by atoms with Crippen LogP contribution in [0.2, 0.25) is 0 Å². The summed E-state index contributed by atoms with van der Waals surface area (Å²) in [7, 11) is 0. The van der Waals surface area contributed by atoms with Crippen molar-refractivity contribution in [1.82, 2.24) is 10.6 Å². The highest BCUT2D eigenvalue weighted by atomic mass is 19.1. The summed E-state index contributed by atoms with van der Waals surface area (Å²) in [5, 5.41) is 4.88. The molecule has 1 atom stereocenters. The lowest BCUT2D eigenvalue weighted by Crippen LogP contribution is -2.49. The van der Waals surface area contributed by atoms with Gasteiger partial charge >= 0.3 is 0 Å². The molecule has 1 aromatic rings. The summed E-state index contributed by atoms with van der Waals surface area (Å²) in [5.74, 6) is -1.46. The van der Waals surface area contributed by atoms with E-state index in [9.17, 15) is 18.8 Å². The molecule has 0 aromatic heterocycles. The molecule has 0 fully saturated rings. The molecule has 0 radical (unpaired) electrons. The fraction of sp³-hybridized carbons (Fsp3) is 0.438. The highest BCUT2D eigenvalue weighted by Gasteiger charge is 2.24. The fourth-order valence-electron chi connectivity index (χ4n) is 1.80. The Morgan fingerprint density at radius 3 is 2.32 bits per heavy atom. The monoisotopic (exact) mass is 308 g/mol. The number of ketones is 1. The molecule has 0 heterocycles. The summed E-state index contributed by atoms with van der Waals surface area (Å²) in [6, 6.07) is 7.37. The van der Waals surface area contributed by atoms with E-state index in [0.29, 0.717) is 12.1 Å². The van der Waals surface area contributed by atoms with E-state index in [2.05, 4.69) is 10.6 Å². The number of alkyl halides is 1. The first kappa shape index (κ1) is 17.8. The van der Waals surface area contributed by atoms with Gasteiger partial charge in [-0.3, -0.25) is 14.4 Å². The largest absolute Gasteiger partial charge is 0.354 e. The van der Waals surface area contributed by atoms with Gasteiger partial charge in [0.2, 0.25) is 5.91 Å². The Morgan fingerprint density at radius 1 is 1.14 bits per heavy atom. The number of amides is 2. The molecule has 6 heteroatoms. The number of rotatable bonds is 8. The van der Waals surface area contributed by atoms with E-state index in [1.54, 1.807) is 30.3 Å². The Morgan fingerprint density at radius 2 is 1.77 bits per heavy atom. The molecule has 0 saturated heterocycles. The van der Waals surface area contributed by atoms with Crippen molar-refractivity contribution in [2.24, 2.45) is 5.92 Å². The molecule has 1 aromatic carbocycles. The van der Waals surface area contributed by atoms with Crippen molar-refractivity contribution in [1.29, 1.82) is 0 Å². The standard InChI is InChI=1S/C16H21FN2O3/c1-11(2)10-18-16(22)13(19-15(21)9-17)8-14(20)12-6-4-3-5-7-12/h3-7,11,13H,8-10H2,1-2H3,(H,18,22)(H,19,21). The predicted octanol–water partition coefficient (Wildman–Crippen LogP) is 1.49. The molecular formula is C16H21FN2O3. The van der Waals surface area contributed by atoms with Crippen molar-refractivity contribution >= 4 is 17.6 Å². The highest BCUT2D eigenvalue weighted by Crippen LogP contribution is 2.06. The Kier molecular flexibility index (Phi) is 7.22. The van der Waals surface area contributed by atoms with E-state index in [-0.39, 0.29) is 18.1 Å². The summed E-state index contributed by atoms with van der Waals surface area (Å²) in [6.07, 6.45) is -0.209. The van der Waals surface area contributed by atoms with Gasteiger partial charge in [-0.1, -0.05) is 44.2 Å². The molecule has 0 spiro atoms. The first-order valence-corrected chi connectivity index (χ1v) is 7.15. The zero-order valence-corrected chi connectivity index (χ0v) is 12.8. The molecule has 1 unspecified atom stereocenters. The van der Waals surface area contributed by atoms with Crippen LogP contribution in [0.5, 0.6) is 0 Å². The summed E-state index contributed by atoms with van der Waals surface area (Å²) in [4.78, 5) is 35.4. The molecule has 22 heavy (non-hydrogen) atoms. The molecule has 0 bridgehead atoms. The van der Waals surface area contributed by atoms with Crippen LogP contribution in [0.25, 0.3) is 0 Å². The molecule has 0 aliphatic rings. The molecule has 2 amide bonds. The summed E-state index contributed by atoms with van der Waals surface area (Å²) in [5.41, 5.74) is 0.443. The second-order valence-electron chi connectivity index (χ2n) is 5.39. The lowest BCUT2D eigenvalue weighted by Gasteiger charge is -2.18. The second-order valence-corrected chi connectivity index (χ2v) is 5.39. The Hall–Kier alpha value is -2.24. The van der Waals surface area contributed by atoms with Crippen molar-refractivity contribution in [2.75, 3.05) is 13.2 Å². The van der Waals surface area contributed by atoms with Gasteiger partial charge < -0.3 is 10.6 Å². The van der Waals surface area contributed by atoms with E-state index < -0.39 is 24.5 Å². The zero-order valence-electron chi connectivity index (χ0n) is 12.8. The van der Waals surface area contributed by atoms with Crippen molar-refractivity contribution in [3.63, 3.8) is 0 Å². The third-order valence-corrected chi connectivity index (χ3v) is 2.94. The average molecular weight is 308 g/mol. The number of halogens is 1. The van der Waals surface area contributed by atoms with Gasteiger partial charge in [-0.2, -0.15) is 0 Å². The van der Waals surface area contributed by atoms with Gasteiger partial charge in [-0.05, 0) is 5.92 Å². The first-order chi connectivity index (χ1) is 10.4. The molecule has 0 saturated carbocycles. The number of Topliss-reactive ketones (excluding diaryl/α,β-unsaturated/α-hetero) is 1. The van der Waals surface area contributed by atoms with Crippen LogP contribution < -0.4 is 10.6 Å². The van der Waals surface area contributed by atoms with Crippen molar-refractivity contribution in [3.8, 4) is 0 Å². The normalized spacial score (nSPS) is 11.8. The van der Waals surface area contributed by atoms with Crippen LogP contribution in [0.1, 0.15) is 30.6 Å². The minimum absolute atomic E-state index is 0.209. The predicted molar refractivity (Wildman–Crippen MR) is 81.1 cm³/mol. The molecule has 5 nitrogen and oxygen atoms in total. The summed E-state index contributed by atoms with van der Waals surface area (Å²) >= 11 is 0. The smallest absolute Gasteiger partial charge is 0.252 e. The SMILES string of the molecule is CC(C)CNC(=O)C(CC(=O)c1ccccc1)NC(=O)CF. The molecule has 120 valence electrons. The minimum Gasteiger partial charge on any atom is -0.354 e. The van der Waals surface area contributed by atoms with Gasteiger partial charge in [-0.25, -0.2) is 4.39 Å². The average Bonchev–Trinajstić information content (AvgIpc) is 2.52. The highest BCUT2D eigenvalue weighted by molar-refractivity contribution is 6.00. The number of carbonyl (C=O) groups is 3. The van der Waals surface area contributed by atoms with E-state index in [1.807, 2.05) is 13.8 Å². The molecule has 1 rings (SSSR count). The topological polar surface area (TPSA) is 75.3 Å². The third-order valence-electron chi connectivity index (χ3n) is 2.94. The Labute approximate surface area is 129 Å². The maximum Gasteiger partial charge on any atom is 0.252 e. The van der Waals surface area contributed by atoms with Gasteiger partial charge in [0, 0.05) is 18.5 Å². The molecular weight excluding hydrogens is 287 g/mol. The van der Waals surface area contributed by atoms with Gasteiger partial charge in [0.05, 0.1) is 0 Å². The van der Waals surface area contributed by atoms with E-state index >= 15 is 0 Å². The lowest BCUT2D eigenvalue weighted by molar-refractivity contribution is -0.129. The fourth-order valence-corrected chi connectivity index (χ4v) is 1.80. The number of hydrogen-bond acceptors (Lipinski definition) is 3. The van der Waals surface area contributed by atoms with Crippen LogP contribution in [0.3, 0.4) is 0 Å². The maximum atomic E-state index is 12.4. The minimum atomic E-state index is -1.23. The van der Waals surface area contributed by atoms with Gasteiger partial charge in [-0.15, -0.1) is 0 Å². The molecule has 2 N–H and O–H groups in total. The third kappa shape index (κ3) is 6.03. The second kappa shape index (κ2) is 8.92. The van der Waals surface area contributed by atoms with Crippen LogP contribution >= 0.6 is 0 Å². The van der Waals surface area contributed by atoms with Crippen LogP contribution in [0.4, 0.5) is 4.39 Å². The molecule has 0 aliphatic carbocycles. The lowest BCUT2D eigenvalue weighted by atomic mass is 10.0. The quantitative estimate of drug-likeness (QED) is 0.714. The first-order valence-electron chi connectivity index (χ1n) is 7.15.